The number of hydrogen-bond acceptors (Lipinski definition) is 6. The van der Waals surface area contributed by atoms with E-state index in [1.54, 1.807) is 7.11 Å². The lowest BCUT2D eigenvalue weighted by Crippen LogP contribution is -2.49. The van der Waals surface area contributed by atoms with Gasteiger partial charge < -0.3 is 23.7 Å². The molecule has 0 aliphatic heterocycles. The molecule has 7 heteroatoms. The number of hydrogen-bond donors (Lipinski definition) is 1. The van der Waals surface area contributed by atoms with E-state index in [-0.39, 0.29) is 53.1 Å². The van der Waals surface area contributed by atoms with Gasteiger partial charge in [-0.15, -0.1) is 0 Å². The number of methoxy groups -OCH3 is 1. The highest BCUT2D eigenvalue weighted by Gasteiger charge is 2.43. The molecule has 2 rings (SSSR count). The van der Waals surface area contributed by atoms with Crippen molar-refractivity contribution < 1.29 is 28.5 Å². The molecule has 6 nitrogen and oxygen atoms in total. The second-order valence-electron chi connectivity index (χ2n) is 14.1. The van der Waals surface area contributed by atoms with Crippen LogP contribution in [0.25, 0.3) is 0 Å². The number of ketones is 1. The maximum absolute atomic E-state index is 13.7. The fraction of sp³-hybridized carbons (Fsp3) is 0.639. The molecule has 2 aromatic carbocycles. The summed E-state index contributed by atoms with van der Waals surface area (Å²) in [5, 5.41) is 11.3. The summed E-state index contributed by atoms with van der Waals surface area (Å²) in [4.78, 5) is 13.7. The predicted molar refractivity (Wildman–Crippen MR) is 178 cm³/mol. The van der Waals surface area contributed by atoms with Crippen LogP contribution in [0.4, 0.5) is 0 Å². The third-order valence-electron chi connectivity index (χ3n) is 9.08. The molecule has 43 heavy (non-hydrogen) atoms. The van der Waals surface area contributed by atoms with Gasteiger partial charge in [-0.25, -0.2) is 0 Å². The Hall–Kier alpha value is -2.03. The smallest absolute Gasteiger partial charge is 0.192 e. The van der Waals surface area contributed by atoms with Crippen molar-refractivity contribution in [2.75, 3.05) is 13.7 Å². The third kappa shape index (κ3) is 11.4. The highest BCUT2D eigenvalue weighted by molar-refractivity contribution is 6.74. The summed E-state index contributed by atoms with van der Waals surface area (Å²) in [5.74, 6) is 0.378. The van der Waals surface area contributed by atoms with Crippen LogP contribution in [0.1, 0.15) is 72.9 Å². The van der Waals surface area contributed by atoms with E-state index < -0.39 is 14.4 Å². The van der Waals surface area contributed by atoms with E-state index in [1.165, 1.54) is 0 Å². The molecule has 1 N–H and O–H groups in total. The summed E-state index contributed by atoms with van der Waals surface area (Å²) < 4.78 is 24.6. The third-order valence-corrected chi connectivity index (χ3v) is 13.6. The first-order valence-electron chi connectivity index (χ1n) is 15.8. The Morgan fingerprint density at radius 2 is 1.44 bits per heavy atom. The van der Waals surface area contributed by atoms with Gasteiger partial charge >= 0.3 is 0 Å². The van der Waals surface area contributed by atoms with Crippen LogP contribution in [0, 0.1) is 23.7 Å². The summed E-state index contributed by atoms with van der Waals surface area (Å²) in [6.45, 7) is 22.7. The summed E-state index contributed by atoms with van der Waals surface area (Å²) in [7, 11) is -0.538. The molecule has 0 bridgehead atoms. The molecule has 0 amide bonds. The van der Waals surface area contributed by atoms with Gasteiger partial charge in [0.2, 0.25) is 0 Å². The number of benzene rings is 2. The van der Waals surface area contributed by atoms with Crippen molar-refractivity contribution >= 4 is 14.1 Å². The van der Waals surface area contributed by atoms with Crippen molar-refractivity contribution in [3.8, 4) is 5.75 Å². The van der Waals surface area contributed by atoms with Crippen LogP contribution < -0.4 is 4.74 Å². The van der Waals surface area contributed by atoms with Crippen molar-refractivity contribution in [1.29, 1.82) is 0 Å². The van der Waals surface area contributed by atoms with Gasteiger partial charge in [-0.1, -0.05) is 97.9 Å². The van der Waals surface area contributed by atoms with E-state index >= 15 is 0 Å². The van der Waals surface area contributed by atoms with Crippen LogP contribution in [0.5, 0.6) is 5.75 Å². The molecule has 0 aromatic heterocycles. The molecule has 0 heterocycles. The molecular formula is C36H58O6Si. The van der Waals surface area contributed by atoms with E-state index in [1.807, 2.05) is 68.4 Å². The van der Waals surface area contributed by atoms with Gasteiger partial charge in [-0.3, -0.25) is 4.79 Å². The first-order chi connectivity index (χ1) is 20.1. The van der Waals surface area contributed by atoms with Crippen molar-refractivity contribution in [2.45, 2.75) is 111 Å². The number of carbonyl (C=O) groups excluding carboxylic acids is 1. The molecule has 0 unspecified atom stereocenters. The highest BCUT2D eigenvalue weighted by Crippen LogP contribution is 2.39. The molecule has 242 valence electrons. The Labute approximate surface area is 262 Å². The second-order valence-corrected chi connectivity index (χ2v) is 18.8. The SMILES string of the molecule is COc1ccc(CO[C@H](C(C)C)[C@@H](C)[C@H](O)CC(=O)[C@@H](C)[C@H](O[Si](C)(C)C(C)(C)C)[C@H](C)COCc2ccccc2)cc1. The van der Waals surface area contributed by atoms with Gasteiger partial charge in [-0.2, -0.15) is 0 Å². The molecule has 0 radical (unpaired) electrons. The summed E-state index contributed by atoms with van der Waals surface area (Å²) in [6.07, 6.45) is -1.27. The Morgan fingerprint density at radius 1 is 0.860 bits per heavy atom. The van der Waals surface area contributed by atoms with Crippen molar-refractivity contribution in [2.24, 2.45) is 23.7 Å². The Bertz CT molecular complexity index is 1080. The van der Waals surface area contributed by atoms with Crippen LogP contribution in [-0.4, -0.2) is 51.2 Å². The zero-order valence-electron chi connectivity index (χ0n) is 28.6. The van der Waals surface area contributed by atoms with Crippen LogP contribution in [0.15, 0.2) is 54.6 Å². The number of aliphatic hydroxyl groups excluding tert-OH is 1. The van der Waals surface area contributed by atoms with Crippen molar-refractivity contribution in [3.05, 3.63) is 65.7 Å². The maximum atomic E-state index is 13.7. The van der Waals surface area contributed by atoms with Crippen LogP contribution in [-0.2, 0) is 31.9 Å². The first kappa shape index (κ1) is 37.2. The Kier molecular flexibility index (Phi) is 14.6. The van der Waals surface area contributed by atoms with Gasteiger partial charge in [0.1, 0.15) is 11.5 Å². The van der Waals surface area contributed by atoms with E-state index in [9.17, 15) is 9.90 Å². The number of rotatable bonds is 18. The van der Waals surface area contributed by atoms with E-state index in [0.717, 1.165) is 16.9 Å². The molecule has 0 spiro atoms. The van der Waals surface area contributed by atoms with Crippen LogP contribution in [0.3, 0.4) is 0 Å². The molecule has 2 aromatic rings. The Balaban J connectivity index is 2.10. The monoisotopic (exact) mass is 614 g/mol. The lowest BCUT2D eigenvalue weighted by molar-refractivity contribution is -0.131. The minimum Gasteiger partial charge on any atom is -0.497 e. The summed E-state index contributed by atoms with van der Waals surface area (Å²) in [6, 6.07) is 17.9. The molecular weight excluding hydrogens is 556 g/mol. The minimum absolute atomic E-state index is 0.00162. The normalized spacial score (nSPS) is 16.8. The number of Topliss-reactive ketones (excluding diaryl/α,β-unsaturated/α-hetero) is 1. The topological polar surface area (TPSA) is 74.2 Å². The van der Waals surface area contributed by atoms with Crippen molar-refractivity contribution in [1.82, 2.24) is 0 Å². The predicted octanol–water partition coefficient (Wildman–Crippen LogP) is 8.07. The molecule has 0 aliphatic carbocycles. The standard InChI is InChI=1S/C36H58O6Si/c1-25(2)34(41-24-30-17-19-31(39-9)20-18-30)27(4)32(37)21-33(38)28(5)35(42-43(10,11)36(6,7)8)26(3)22-40-23-29-15-13-12-14-16-29/h12-20,25-28,32,34-35,37H,21-24H2,1-11H3/t26-,27+,28-,32-,34-,35-/m1/s1. The van der Waals surface area contributed by atoms with Gasteiger partial charge in [0.15, 0.2) is 8.32 Å². The lowest BCUT2D eigenvalue weighted by Gasteiger charge is -2.42. The second kappa shape index (κ2) is 16.9. The summed E-state index contributed by atoms with van der Waals surface area (Å²) in [5.41, 5.74) is 2.15. The van der Waals surface area contributed by atoms with E-state index in [0.29, 0.717) is 19.8 Å². The fourth-order valence-electron chi connectivity index (χ4n) is 5.11. The van der Waals surface area contributed by atoms with Gasteiger partial charge in [-0.05, 0) is 47.3 Å². The fourth-order valence-corrected chi connectivity index (χ4v) is 6.58. The van der Waals surface area contributed by atoms with Crippen LogP contribution in [0.2, 0.25) is 18.1 Å². The average Bonchev–Trinajstić information content (AvgIpc) is 2.95. The summed E-state index contributed by atoms with van der Waals surface area (Å²) >= 11 is 0. The zero-order chi connectivity index (χ0) is 32.4. The molecule has 0 saturated carbocycles. The van der Waals surface area contributed by atoms with Gasteiger partial charge in [0, 0.05) is 24.2 Å². The van der Waals surface area contributed by atoms with Gasteiger partial charge in [0.25, 0.3) is 0 Å². The quantitative estimate of drug-likeness (QED) is 0.171. The largest absolute Gasteiger partial charge is 0.497 e. The average molecular weight is 615 g/mol. The van der Waals surface area contributed by atoms with Gasteiger partial charge in [0.05, 0.1) is 45.2 Å². The highest BCUT2D eigenvalue weighted by atomic mass is 28.4. The van der Waals surface area contributed by atoms with Crippen LogP contribution >= 0.6 is 0 Å². The number of carbonyl (C=O) groups is 1. The number of aliphatic hydroxyl groups is 1. The molecule has 0 saturated heterocycles. The Morgan fingerprint density at radius 3 is 1.98 bits per heavy atom. The van der Waals surface area contributed by atoms with E-state index in [4.69, 9.17) is 18.6 Å². The van der Waals surface area contributed by atoms with Crippen molar-refractivity contribution in [3.63, 3.8) is 0 Å². The van der Waals surface area contributed by atoms with E-state index in [2.05, 4.69) is 54.6 Å². The minimum atomic E-state index is -2.18. The lowest BCUT2D eigenvalue weighted by atomic mass is 9.84. The number of ether oxygens (including phenoxy) is 3. The molecule has 0 fully saturated rings. The first-order valence-corrected chi connectivity index (χ1v) is 18.7. The molecule has 6 atom stereocenters. The molecule has 0 aliphatic rings. The zero-order valence-corrected chi connectivity index (χ0v) is 29.6. The maximum Gasteiger partial charge on any atom is 0.192 e.